The molecule has 1 aromatic rings. The van der Waals surface area contributed by atoms with Gasteiger partial charge in [0.25, 0.3) is 0 Å². The van der Waals surface area contributed by atoms with Gasteiger partial charge in [-0.25, -0.2) is 8.42 Å². The van der Waals surface area contributed by atoms with Gasteiger partial charge >= 0.3 is 0 Å². The molecule has 1 aliphatic rings. The van der Waals surface area contributed by atoms with Gasteiger partial charge < -0.3 is 4.90 Å². The van der Waals surface area contributed by atoms with Crippen LogP contribution in [0.15, 0.2) is 24.3 Å². The summed E-state index contributed by atoms with van der Waals surface area (Å²) in [5.74, 6) is 0.570. The summed E-state index contributed by atoms with van der Waals surface area (Å²) < 4.78 is 24.8. The van der Waals surface area contributed by atoms with Crippen LogP contribution >= 0.6 is 0 Å². The van der Waals surface area contributed by atoms with Crippen molar-refractivity contribution in [3.05, 3.63) is 29.8 Å². The van der Waals surface area contributed by atoms with Crippen LogP contribution in [0, 0.1) is 0 Å². The Morgan fingerprint density at radius 3 is 2.58 bits per heavy atom. The summed E-state index contributed by atoms with van der Waals surface area (Å²) in [5, 5.41) is 0. The number of piperidine rings is 1. The molecule has 0 spiro atoms. The molecule has 1 N–H and O–H groups in total. The average molecular weight is 282 g/mol. The summed E-state index contributed by atoms with van der Waals surface area (Å²) in [6, 6.07) is 7.78. The fourth-order valence-electron chi connectivity index (χ4n) is 2.65. The highest BCUT2D eigenvalue weighted by Gasteiger charge is 2.20. The van der Waals surface area contributed by atoms with Gasteiger partial charge in [0.05, 0.1) is 6.26 Å². The molecular weight excluding hydrogens is 260 g/mol. The highest BCUT2D eigenvalue weighted by molar-refractivity contribution is 7.92. The monoisotopic (exact) mass is 282 g/mol. The average Bonchev–Trinajstić information content (AvgIpc) is 2.38. The molecule has 1 aliphatic heterocycles. The van der Waals surface area contributed by atoms with Crippen LogP contribution in [0.25, 0.3) is 0 Å². The van der Waals surface area contributed by atoms with Crippen LogP contribution in [0.3, 0.4) is 0 Å². The Hall–Kier alpha value is -1.07. The third-order valence-electron chi connectivity index (χ3n) is 3.64. The quantitative estimate of drug-likeness (QED) is 0.921. The molecule has 2 rings (SSSR count). The van der Waals surface area contributed by atoms with E-state index in [1.54, 1.807) is 0 Å². The molecule has 0 saturated carbocycles. The number of benzene rings is 1. The van der Waals surface area contributed by atoms with E-state index in [-0.39, 0.29) is 0 Å². The zero-order valence-electron chi connectivity index (χ0n) is 11.6. The number of anilines is 1. The van der Waals surface area contributed by atoms with Crippen molar-refractivity contribution in [2.24, 2.45) is 0 Å². The minimum atomic E-state index is -3.19. The molecule has 0 bridgehead atoms. The fourth-order valence-corrected chi connectivity index (χ4v) is 3.22. The smallest absolute Gasteiger partial charge is 0.229 e. The first-order chi connectivity index (χ1) is 8.98. The molecule has 19 heavy (non-hydrogen) atoms. The van der Waals surface area contributed by atoms with Crippen molar-refractivity contribution in [1.29, 1.82) is 0 Å². The SMILES string of the molecule is CCN1CCCC(c2ccc(NS(C)(=O)=O)cc2)C1. The van der Waals surface area contributed by atoms with Crippen molar-refractivity contribution in [3.8, 4) is 0 Å². The number of likely N-dealkylation sites (tertiary alicyclic amines) is 1. The van der Waals surface area contributed by atoms with Gasteiger partial charge in [0.2, 0.25) is 10.0 Å². The van der Waals surface area contributed by atoms with E-state index in [4.69, 9.17) is 0 Å². The predicted molar refractivity (Wildman–Crippen MR) is 79.0 cm³/mol. The normalized spacial score (nSPS) is 21.3. The van der Waals surface area contributed by atoms with Gasteiger partial charge in [0, 0.05) is 12.2 Å². The fraction of sp³-hybridized carbons (Fsp3) is 0.571. The molecule has 1 unspecified atom stereocenters. The van der Waals surface area contributed by atoms with Gasteiger partial charge in [0.15, 0.2) is 0 Å². The molecule has 0 radical (unpaired) electrons. The maximum absolute atomic E-state index is 11.2. The second-order valence-electron chi connectivity index (χ2n) is 5.23. The Morgan fingerprint density at radius 1 is 1.32 bits per heavy atom. The van der Waals surface area contributed by atoms with Crippen LogP contribution in [0.4, 0.5) is 5.69 Å². The van der Waals surface area contributed by atoms with Gasteiger partial charge in [-0.05, 0) is 49.5 Å². The standard InChI is InChI=1S/C14H22N2O2S/c1-3-16-10-4-5-13(11-16)12-6-8-14(9-7-12)15-19(2,17)18/h6-9,13,15H,3-5,10-11H2,1-2H3. The van der Waals surface area contributed by atoms with E-state index in [9.17, 15) is 8.42 Å². The Morgan fingerprint density at radius 2 is 2.00 bits per heavy atom. The van der Waals surface area contributed by atoms with Crippen LogP contribution in [-0.2, 0) is 10.0 Å². The van der Waals surface area contributed by atoms with Crippen molar-refractivity contribution in [2.75, 3.05) is 30.6 Å². The Bertz CT molecular complexity index is 511. The van der Waals surface area contributed by atoms with Gasteiger partial charge in [-0.3, -0.25) is 4.72 Å². The van der Waals surface area contributed by atoms with E-state index in [2.05, 4.69) is 16.5 Å². The molecule has 4 nitrogen and oxygen atoms in total. The first kappa shape index (κ1) is 14.3. The predicted octanol–water partition coefficient (Wildman–Crippen LogP) is 2.26. The molecule has 106 valence electrons. The van der Waals surface area contributed by atoms with E-state index in [0.29, 0.717) is 11.6 Å². The van der Waals surface area contributed by atoms with Crippen LogP contribution in [0.5, 0.6) is 0 Å². The molecule has 1 fully saturated rings. The van der Waals surface area contributed by atoms with E-state index in [0.717, 1.165) is 13.1 Å². The van der Waals surface area contributed by atoms with Gasteiger partial charge in [0.1, 0.15) is 0 Å². The zero-order chi connectivity index (χ0) is 13.9. The maximum Gasteiger partial charge on any atom is 0.229 e. The lowest BCUT2D eigenvalue weighted by molar-refractivity contribution is 0.218. The van der Waals surface area contributed by atoms with Gasteiger partial charge in [-0.2, -0.15) is 0 Å². The molecule has 1 aromatic carbocycles. The summed E-state index contributed by atoms with van der Waals surface area (Å²) in [6.07, 6.45) is 3.62. The molecule has 0 aliphatic carbocycles. The number of nitrogens with one attached hydrogen (secondary N) is 1. The molecular formula is C14H22N2O2S. The summed E-state index contributed by atoms with van der Waals surface area (Å²) in [7, 11) is -3.19. The van der Waals surface area contributed by atoms with Crippen LogP contribution < -0.4 is 4.72 Å². The first-order valence-corrected chi connectivity index (χ1v) is 8.67. The van der Waals surface area contributed by atoms with E-state index < -0.39 is 10.0 Å². The lowest BCUT2D eigenvalue weighted by Gasteiger charge is -2.32. The van der Waals surface area contributed by atoms with Crippen molar-refractivity contribution in [2.45, 2.75) is 25.7 Å². The largest absolute Gasteiger partial charge is 0.303 e. The van der Waals surface area contributed by atoms with Crippen molar-refractivity contribution in [1.82, 2.24) is 4.90 Å². The van der Waals surface area contributed by atoms with Crippen LogP contribution in [0.2, 0.25) is 0 Å². The highest BCUT2D eigenvalue weighted by atomic mass is 32.2. The van der Waals surface area contributed by atoms with Crippen LogP contribution in [-0.4, -0.2) is 39.2 Å². The molecule has 1 atom stereocenters. The second kappa shape index (κ2) is 5.92. The van der Waals surface area contributed by atoms with Gasteiger partial charge in [-0.15, -0.1) is 0 Å². The minimum Gasteiger partial charge on any atom is -0.303 e. The molecule has 0 amide bonds. The third kappa shape index (κ3) is 4.21. The van der Waals surface area contributed by atoms with Crippen LogP contribution in [0.1, 0.15) is 31.2 Å². The highest BCUT2D eigenvalue weighted by Crippen LogP contribution is 2.27. The van der Waals surface area contributed by atoms with Gasteiger partial charge in [-0.1, -0.05) is 19.1 Å². The topological polar surface area (TPSA) is 49.4 Å². The van der Waals surface area contributed by atoms with E-state index in [1.807, 2.05) is 24.3 Å². The lowest BCUT2D eigenvalue weighted by atomic mass is 9.90. The van der Waals surface area contributed by atoms with Crippen molar-refractivity contribution < 1.29 is 8.42 Å². The minimum absolute atomic E-state index is 0.570. The van der Waals surface area contributed by atoms with Crippen molar-refractivity contribution in [3.63, 3.8) is 0 Å². The number of nitrogens with zero attached hydrogens (tertiary/aromatic N) is 1. The van der Waals surface area contributed by atoms with E-state index >= 15 is 0 Å². The first-order valence-electron chi connectivity index (χ1n) is 6.78. The Kier molecular flexibility index (Phi) is 4.47. The Balaban J connectivity index is 2.05. The Labute approximate surface area is 115 Å². The van der Waals surface area contributed by atoms with E-state index in [1.165, 1.54) is 31.2 Å². The number of hydrogen-bond donors (Lipinski definition) is 1. The summed E-state index contributed by atoms with van der Waals surface area (Å²) in [5.41, 5.74) is 1.94. The number of hydrogen-bond acceptors (Lipinski definition) is 3. The number of likely N-dealkylation sites (N-methyl/N-ethyl adjacent to an activating group) is 1. The maximum atomic E-state index is 11.2. The number of sulfonamides is 1. The molecule has 1 saturated heterocycles. The lowest BCUT2D eigenvalue weighted by Crippen LogP contribution is -2.34. The third-order valence-corrected chi connectivity index (χ3v) is 4.24. The summed E-state index contributed by atoms with van der Waals surface area (Å²) >= 11 is 0. The summed E-state index contributed by atoms with van der Waals surface area (Å²) in [6.45, 7) is 5.60. The summed E-state index contributed by atoms with van der Waals surface area (Å²) in [4.78, 5) is 2.47. The second-order valence-corrected chi connectivity index (χ2v) is 6.98. The number of rotatable bonds is 4. The zero-order valence-corrected chi connectivity index (χ0v) is 12.4. The molecule has 5 heteroatoms. The molecule has 1 heterocycles. The molecule has 0 aromatic heterocycles. The van der Waals surface area contributed by atoms with Crippen molar-refractivity contribution >= 4 is 15.7 Å².